The minimum atomic E-state index is 0.00883. The molecule has 0 aromatic heterocycles. The molecule has 0 saturated carbocycles. The molecule has 0 aliphatic carbocycles. The van der Waals surface area contributed by atoms with Crippen molar-refractivity contribution in [3.05, 3.63) is 33.3 Å². The number of benzene rings is 1. The molecule has 1 aliphatic rings. The Morgan fingerprint density at radius 2 is 2.15 bits per heavy atom. The zero-order chi connectivity index (χ0) is 14.5. The van der Waals surface area contributed by atoms with Crippen molar-refractivity contribution in [1.29, 1.82) is 0 Å². The van der Waals surface area contributed by atoms with E-state index < -0.39 is 0 Å². The molecule has 0 spiro atoms. The van der Waals surface area contributed by atoms with Gasteiger partial charge in [-0.1, -0.05) is 11.6 Å². The summed E-state index contributed by atoms with van der Waals surface area (Å²) in [7, 11) is 1.83. The van der Waals surface area contributed by atoms with E-state index in [0.717, 1.165) is 43.7 Å². The van der Waals surface area contributed by atoms with Crippen LogP contribution in [0.25, 0.3) is 0 Å². The van der Waals surface area contributed by atoms with Crippen molar-refractivity contribution in [2.24, 2.45) is 0 Å². The van der Waals surface area contributed by atoms with E-state index in [1.165, 1.54) is 0 Å². The highest BCUT2D eigenvalue weighted by Gasteiger charge is 2.15. The Balaban J connectivity index is 1.89. The van der Waals surface area contributed by atoms with Gasteiger partial charge in [0, 0.05) is 56.4 Å². The summed E-state index contributed by atoms with van der Waals surface area (Å²) in [6.45, 7) is 5.79. The molecule has 1 fully saturated rings. The standard InChI is InChI=1S/C14H19BrClN3O/c1-18(8-9-19-6-4-17-5-7-19)14(20)11-2-3-12(15)13(16)10-11/h2-3,10,17H,4-9H2,1H3. The molecule has 110 valence electrons. The number of hydrogen-bond donors (Lipinski definition) is 1. The van der Waals surface area contributed by atoms with Crippen molar-refractivity contribution >= 4 is 33.4 Å². The van der Waals surface area contributed by atoms with E-state index in [1.54, 1.807) is 23.1 Å². The largest absolute Gasteiger partial charge is 0.340 e. The third-order valence-corrected chi connectivity index (χ3v) is 4.71. The molecule has 1 aromatic carbocycles. The highest BCUT2D eigenvalue weighted by Crippen LogP contribution is 2.23. The first-order chi connectivity index (χ1) is 9.58. The number of nitrogens with zero attached hydrogens (tertiary/aromatic N) is 2. The molecule has 0 bridgehead atoms. The summed E-state index contributed by atoms with van der Waals surface area (Å²) >= 11 is 9.36. The number of rotatable bonds is 4. The van der Waals surface area contributed by atoms with Crippen LogP contribution in [0, 0.1) is 0 Å². The van der Waals surface area contributed by atoms with Crippen LogP contribution in [0.15, 0.2) is 22.7 Å². The summed E-state index contributed by atoms with van der Waals surface area (Å²) < 4.78 is 0.805. The van der Waals surface area contributed by atoms with Gasteiger partial charge in [0.15, 0.2) is 0 Å². The van der Waals surface area contributed by atoms with Crippen LogP contribution < -0.4 is 5.32 Å². The van der Waals surface area contributed by atoms with Crippen molar-refractivity contribution in [2.45, 2.75) is 0 Å². The predicted octanol–water partition coefficient (Wildman–Crippen LogP) is 2.08. The van der Waals surface area contributed by atoms with Gasteiger partial charge in [-0.3, -0.25) is 9.69 Å². The number of nitrogens with one attached hydrogen (secondary N) is 1. The monoisotopic (exact) mass is 359 g/mol. The average Bonchev–Trinajstić information content (AvgIpc) is 2.48. The number of carbonyl (C=O) groups is 1. The number of likely N-dealkylation sites (N-methyl/N-ethyl adjacent to an activating group) is 1. The van der Waals surface area contributed by atoms with E-state index in [-0.39, 0.29) is 5.91 Å². The van der Waals surface area contributed by atoms with Crippen LogP contribution >= 0.6 is 27.5 Å². The smallest absolute Gasteiger partial charge is 0.253 e. The predicted molar refractivity (Wildman–Crippen MR) is 85.4 cm³/mol. The Labute approximate surface area is 133 Å². The maximum atomic E-state index is 12.3. The lowest BCUT2D eigenvalue weighted by atomic mass is 10.2. The quantitative estimate of drug-likeness (QED) is 0.893. The SMILES string of the molecule is CN(CCN1CCNCC1)C(=O)c1ccc(Br)c(Cl)c1. The topological polar surface area (TPSA) is 35.6 Å². The molecule has 6 heteroatoms. The molecule has 1 aliphatic heterocycles. The second kappa shape index (κ2) is 7.41. The van der Waals surface area contributed by atoms with E-state index in [1.807, 2.05) is 7.05 Å². The van der Waals surface area contributed by atoms with Gasteiger partial charge < -0.3 is 10.2 Å². The Morgan fingerprint density at radius 3 is 2.80 bits per heavy atom. The van der Waals surface area contributed by atoms with Crippen molar-refractivity contribution in [1.82, 2.24) is 15.1 Å². The first kappa shape index (κ1) is 15.8. The van der Waals surface area contributed by atoms with Gasteiger partial charge in [-0.2, -0.15) is 0 Å². The maximum absolute atomic E-state index is 12.3. The van der Waals surface area contributed by atoms with Gasteiger partial charge in [0.25, 0.3) is 5.91 Å². The second-order valence-electron chi connectivity index (χ2n) is 4.95. The Hall–Kier alpha value is -0.620. The maximum Gasteiger partial charge on any atom is 0.253 e. The summed E-state index contributed by atoms with van der Waals surface area (Å²) in [5.41, 5.74) is 0.626. The van der Waals surface area contributed by atoms with Gasteiger partial charge >= 0.3 is 0 Å². The fourth-order valence-corrected chi connectivity index (χ4v) is 2.60. The van der Waals surface area contributed by atoms with Crippen LogP contribution in [0.3, 0.4) is 0 Å². The number of hydrogen-bond acceptors (Lipinski definition) is 3. The Kier molecular flexibility index (Phi) is 5.84. The van der Waals surface area contributed by atoms with Crippen molar-refractivity contribution in [2.75, 3.05) is 46.3 Å². The van der Waals surface area contributed by atoms with Crippen LogP contribution in [-0.2, 0) is 0 Å². The summed E-state index contributed by atoms with van der Waals surface area (Å²) in [5.74, 6) is 0.00883. The van der Waals surface area contributed by atoms with Gasteiger partial charge in [0.05, 0.1) is 5.02 Å². The molecule has 0 radical (unpaired) electrons. The lowest BCUT2D eigenvalue weighted by Gasteiger charge is -2.29. The van der Waals surface area contributed by atoms with Gasteiger partial charge in [-0.25, -0.2) is 0 Å². The van der Waals surface area contributed by atoms with Gasteiger partial charge in [-0.05, 0) is 34.1 Å². The molecule has 1 saturated heterocycles. The molecule has 2 rings (SSSR count). The third kappa shape index (κ3) is 4.19. The molecule has 0 atom stereocenters. The number of halogens is 2. The zero-order valence-electron chi connectivity index (χ0n) is 11.5. The fraction of sp³-hybridized carbons (Fsp3) is 0.500. The molecule has 1 N–H and O–H groups in total. The molecule has 4 nitrogen and oxygen atoms in total. The van der Waals surface area contributed by atoms with E-state index in [9.17, 15) is 4.79 Å². The summed E-state index contributed by atoms with van der Waals surface area (Å²) in [5, 5.41) is 3.88. The highest BCUT2D eigenvalue weighted by molar-refractivity contribution is 9.10. The molecule has 1 heterocycles. The van der Waals surface area contributed by atoms with E-state index in [0.29, 0.717) is 10.6 Å². The first-order valence-electron chi connectivity index (χ1n) is 6.71. The van der Waals surface area contributed by atoms with Crippen molar-refractivity contribution < 1.29 is 4.79 Å². The number of piperazine rings is 1. The zero-order valence-corrected chi connectivity index (χ0v) is 13.9. The number of amides is 1. The molecular formula is C14H19BrClN3O. The Morgan fingerprint density at radius 1 is 1.45 bits per heavy atom. The van der Waals surface area contributed by atoms with E-state index in [2.05, 4.69) is 26.1 Å². The average molecular weight is 361 g/mol. The molecule has 20 heavy (non-hydrogen) atoms. The van der Waals surface area contributed by atoms with E-state index in [4.69, 9.17) is 11.6 Å². The molecule has 1 amide bonds. The van der Waals surface area contributed by atoms with Crippen LogP contribution in [0.2, 0.25) is 5.02 Å². The number of carbonyl (C=O) groups excluding carboxylic acids is 1. The van der Waals surface area contributed by atoms with Crippen LogP contribution in [0.1, 0.15) is 10.4 Å². The minimum absolute atomic E-state index is 0.00883. The fourth-order valence-electron chi connectivity index (χ4n) is 2.18. The first-order valence-corrected chi connectivity index (χ1v) is 7.88. The van der Waals surface area contributed by atoms with Crippen LogP contribution in [0.4, 0.5) is 0 Å². The van der Waals surface area contributed by atoms with Gasteiger partial charge in [0.1, 0.15) is 0 Å². The lowest BCUT2D eigenvalue weighted by molar-refractivity contribution is 0.0775. The summed E-state index contributed by atoms with van der Waals surface area (Å²) in [6.07, 6.45) is 0. The van der Waals surface area contributed by atoms with Gasteiger partial charge in [0.2, 0.25) is 0 Å². The summed E-state index contributed by atoms with van der Waals surface area (Å²) in [4.78, 5) is 16.4. The van der Waals surface area contributed by atoms with Crippen LogP contribution in [-0.4, -0.2) is 62.0 Å². The van der Waals surface area contributed by atoms with Crippen LogP contribution in [0.5, 0.6) is 0 Å². The molecular weight excluding hydrogens is 342 g/mol. The lowest BCUT2D eigenvalue weighted by Crippen LogP contribution is -2.46. The molecule has 1 aromatic rings. The highest BCUT2D eigenvalue weighted by atomic mass is 79.9. The molecule has 0 unspecified atom stereocenters. The second-order valence-corrected chi connectivity index (χ2v) is 6.21. The van der Waals surface area contributed by atoms with Gasteiger partial charge in [-0.15, -0.1) is 0 Å². The third-order valence-electron chi connectivity index (χ3n) is 3.47. The van der Waals surface area contributed by atoms with Crippen molar-refractivity contribution in [3.63, 3.8) is 0 Å². The van der Waals surface area contributed by atoms with Crippen molar-refractivity contribution in [3.8, 4) is 0 Å². The minimum Gasteiger partial charge on any atom is -0.340 e. The Bertz CT molecular complexity index is 477. The summed E-state index contributed by atoms with van der Waals surface area (Å²) in [6, 6.07) is 5.30. The van der Waals surface area contributed by atoms with E-state index >= 15 is 0 Å². The normalized spacial score (nSPS) is 16.1.